The molecule has 1 saturated heterocycles. The third kappa shape index (κ3) is 5.30. The van der Waals surface area contributed by atoms with Crippen LogP contribution in [0.4, 0.5) is 13.2 Å². The second-order valence-corrected chi connectivity index (χ2v) is 7.17. The molecule has 0 bridgehead atoms. The van der Waals surface area contributed by atoms with E-state index in [9.17, 15) is 26.4 Å². The number of carbonyl (C=O) groups is 1. The van der Waals surface area contributed by atoms with Gasteiger partial charge in [0.15, 0.2) is 0 Å². The smallest absolute Gasteiger partial charge is 0.417 e. The van der Waals surface area contributed by atoms with Crippen molar-refractivity contribution in [2.24, 2.45) is 5.92 Å². The lowest BCUT2D eigenvalue weighted by Crippen LogP contribution is -2.30. The molecule has 1 aliphatic heterocycles. The van der Waals surface area contributed by atoms with Crippen LogP contribution in [0, 0.1) is 5.92 Å². The maximum absolute atomic E-state index is 13.1. The number of rotatable bonds is 5. The maximum atomic E-state index is 13.1. The van der Waals surface area contributed by atoms with E-state index in [4.69, 9.17) is 0 Å². The summed E-state index contributed by atoms with van der Waals surface area (Å²) in [6.45, 7) is 1.56. The summed E-state index contributed by atoms with van der Waals surface area (Å²) in [7, 11) is -3.16. The van der Waals surface area contributed by atoms with Crippen molar-refractivity contribution in [2.75, 3.05) is 26.7 Å². The van der Waals surface area contributed by atoms with E-state index >= 15 is 0 Å². The summed E-state index contributed by atoms with van der Waals surface area (Å²) in [4.78, 5) is 10.9. The van der Waals surface area contributed by atoms with Gasteiger partial charge in [-0.05, 0) is 43.6 Å². The molecule has 11 heteroatoms. The minimum absolute atomic E-state index is 0. The molecule has 6 nitrogen and oxygen atoms in total. The van der Waals surface area contributed by atoms with Crippen molar-refractivity contribution in [3.05, 3.63) is 29.3 Å². The van der Waals surface area contributed by atoms with Gasteiger partial charge in [-0.25, -0.2) is 17.9 Å². The minimum atomic E-state index is -4.88. The van der Waals surface area contributed by atoms with Crippen LogP contribution >= 0.6 is 12.4 Å². The van der Waals surface area contributed by atoms with Gasteiger partial charge in [-0.15, -0.1) is 12.4 Å². The standard InChI is InChI=1S/C14H17F3N2O4S.ClH/c1-23-13(20)11-3-2-10(6-12(11)14(15,16)17)24(21,22)19-8-9-4-5-18-7-9;/h2-3,6,9,18-19H,4-5,7-8H2,1H3;1H. The molecule has 0 saturated carbocycles. The van der Waals surface area contributed by atoms with Crippen molar-refractivity contribution in [2.45, 2.75) is 17.5 Å². The highest BCUT2D eigenvalue weighted by Gasteiger charge is 2.37. The zero-order valence-electron chi connectivity index (χ0n) is 13.2. The Morgan fingerprint density at radius 2 is 2.08 bits per heavy atom. The van der Waals surface area contributed by atoms with Crippen LogP contribution in [0.1, 0.15) is 22.3 Å². The van der Waals surface area contributed by atoms with Crippen LogP contribution in [0.5, 0.6) is 0 Å². The lowest BCUT2D eigenvalue weighted by Gasteiger charge is -2.15. The number of carbonyl (C=O) groups excluding carboxylic acids is 1. The SMILES string of the molecule is COC(=O)c1ccc(S(=O)(=O)NCC2CCNC2)cc1C(F)(F)F.Cl. The Morgan fingerprint density at radius 3 is 2.60 bits per heavy atom. The Balaban J connectivity index is 0.00000312. The first kappa shape index (κ1) is 21.7. The topological polar surface area (TPSA) is 84.5 Å². The Hall–Kier alpha value is -1.36. The number of halogens is 4. The quantitative estimate of drug-likeness (QED) is 0.734. The van der Waals surface area contributed by atoms with Gasteiger partial charge in [0.05, 0.1) is 23.1 Å². The van der Waals surface area contributed by atoms with E-state index in [0.717, 1.165) is 32.2 Å². The fraction of sp³-hybridized carbons (Fsp3) is 0.500. The van der Waals surface area contributed by atoms with Crippen molar-refractivity contribution in [1.82, 2.24) is 10.0 Å². The van der Waals surface area contributed by atoms with E-state index in [-0.39, 0.29) is 24.9 Å². The van der Waals surface area contributed by atoms with Crippen molar-refractivity contribution < 1.29 is 31.1 Å². The monoisotopic (exact) mass is 402 g/mol. The van der Waals surface area contributed by atoms with E-state index in [1.165, 1.54) is 0 Å². The van der Waals surface area contributed by atoms with Gasteiger partial charge in [0.1, 0.15) is 0 Å². The van der Waals surface area contributed by atoms with E-state index in [1.54, 1.807) is 0 Å². The van der Waals surface area contributed by atoms with Crippen molar-refractivity contribution in [3.8, 4) is 0 Å². The van der Waals surface area contributed by atoms with Crippen LogP contribution in [0.25, 0.3) is 0 Å². The Kier molecular flexibility index (Phi) is 7.24. The number of hydrogen-bond acceptors (Lipinski definition) is 5. The Morgan fingerprint density at radius 1 is 1.40 bits per heavy atom. The average Bonchev–Trinajstić information content (AvgIpc) is 3.04. The van der Waals surface area contributed by atoms with Crippen LogP contribution in [-0.2, 0) is 20.9 Å². The zero-order chi connectivity index (χ0) is 18.0. The molecule has 2 rings (SSSR count). The first-order valence-corrected chi connectivity index (χ1v) is 8.63. The second kappa shape index (κ2) is 8.35. The first-order chi connectivity index (χ1) is 11.1. The number of ether oxygens (including phenoxy) is 1. The predicted molar refractivity (Wildman–Crippen MR) is 86.2 cm³/mol. The maximum Gasteiger partial charge on any atom is 0.417 e. The first-order valence-electron chi connectivity index (χ1n) is 7.15. The summed E-state index contributed by atoms with van der Waals surface area (Å²) in [5.41, 5.74) is -2.08. The van der Waals surface area contributed by atoms with Gasteiger partial charge in [0.25, 0.3) is 0 Å². The van der Waals surface area contributed by atoms with Gasteiger partial charge in [-0.2, -0.15) is 13.2 Å². The van der Waals surface area contributed by atoms with Crippen molar-refractivity contribution >= 4 is 28.4 Å². The van der Waals surface area contributed by atoms with Crippen LogP contribution in [0.15, 0.2) is 23.1 Å². The highest BCUT2D eigenvalue weighted by atomic mass is 35.5. The molecule has 0 amide bonds. The Bertz CT molecular complexity index is 719. The fourth-order valence-corrected chi connectivity index (χ4v) is 3.55. The second-order valence-electron chi connectivity index (χ2n) is 5.41. The van der Waals surface area contributed by atoms with Gasteiger partial charge >= 0.3 is 12.1 Å². The molecule has 2 N–H and O–H groups in total. The van der Waals surface area contributed by atoms with Gasteiger partial charge in [0, 0.05) is 6.54 Å². The molecule has 142 valence electrons. The largest absolute Gasteiger partial charge is 0.465 e. The number of nitrogens with one attached hydrogen (secondary N) is 2. The molecule has 0 aliphatic carbocycles. The van der Waals surface area contributed by atoms with Crippen molar-refractivity contribution in [1.29, 1.82) is 0 Å². The molecule has 0 aromatic heterocycles. The molecule has 1 fully saturated rings. The summed E-state index contributed by atoms with van der Waals surface area (Å²) in [5, 5.41) is 3.07. The third-order valence-corrected chi connectivity index (χ3v) is 5.16. The average molecular weight is 403 g/mol. The number of esters is 1. The molecule has 0 radical (unpaired) electrons. The molecule has 1 heterocycles. The summed E-state index contributed by atoms with van der Waals surface area (Å²) in [5.74, 6) is -1.09. The minimum Gasteiger partial charge on any atom is -0.465 e. The van der Waals surface area contributed by atoms with Crippen LogP contribution in [0.3, 0.4) is 0 Å². The molecule has 25 heavy (non-hydrogen) atoms. The van der Waals surface area contributed by atoms with E-state index in [1.807, 2.05) is 0 Å². The van der Waals surface area contributed by atoms with Crippen LogP contribution in [0.2, 0.25) is 0 Å². The molecule has 1 aromatic rings. The molecule has 0 spiro atoms. The van der Waals surface area contributed by atoms with Crippen LogP contribution < -0.4 is 10.0 Å². The van der Waals surface area contributed by atoms with Gasteiger partial charge < -0.3 is 10.1 Å². The molecule has 1 unspecified atom stereocenters. The van der Waals surface area contributed by atoms with Gasteiger partial charge in [-0.1, -0.05) is 0 Å². The van der Waals surface area contributed by atoms with E-state index < -0.39 is 38.2 Å². The molecular weight excluding hydrogens is 385 g/mol. The van der Waals surface area contributed by atoms with Gasteiger partial charge in [-0.3, -0.25) is 0 Å². The van der Waals surface area contributed by atoms with Crippen LogP contribution in [-0.4, -0.2) is 41.1 Å². The molecular formula is C14H18ClF3N2O4S. The normalized spacial score (nSPS) is 17.8. The third-order valence-electron chi connectivity index (χ3n) is 3.74. The summed E-state index contributed by atoms with van der Waals surface area (Å²) in [6, 6.07) is 2.21. The van der Waals surface area contributed by atoms with E-state index in [2.05, 4.69) is 14.8 Å². The summed E-state index contributed by atoms with van der Waals surface area (Å²) in [6.07, 6.45) is -4.10. The summed E-state index contributed by atoms with van der Waals surface area (Å²) >= 11 is 0. The number of alkyl halides is 3. The van der Waals surface area contributed by atoms with E-state index in [0.29, 0.717) is 12.6 Å². The molecule has 1 aliphatic rings. The number of benzene rings is 1. The highest BCUT2D eigenvalue weighted by molar-refractivity contribution is 7.89. The van der Waals surface area contributed by atoms with Gasteiger partial charge in [0.2, 0.25) is 10.0 Å². The summed E-state index contributed by atoms with van der Waals surface area (Å²) < 4.78 is 70.4. The number of methoxy groups -OCH3 is 1. The van der Waals surface area contributed by atoms with Crippen molar-refractivity contribution in [3.63, 3.8) is 0 Å². The number of hydrogen-bond donors (Lipinski definition) is 2. The zero-order valence-corrected chi connectivity index (χ0v) is 14.9. The lowest BCUT2D eigenvalue weighted by molar-refractivity contribution is -0.138. The molecule has 1 atom stereocenters. The lowest BCUT2D eigenvalue weighted by atomic mass is 10.1. The molecule has 1 aromatic carbocycles. The predicted octanol–water partition coefficient (Wildman–Crippen LogP) is 1.80. The number of sulfonamides is 1. The fourth-order valence-electron chi connectivity index (χ4n) is 2.41. The highest BCUT2D eigenvalue weighted by Crippen LogP contribution is 2.34. The Labute approximate surface area is 149 Å².